The highest BCUT2D eigenvalue weighted by Crippen LogP contribution is 2.28. The number of nitro benzene ring substituents is 1. The first-order valence-corrected chi connectivity index (χ1v) is 5.01. The number of nitrogens with zero attached hydrogens (tertiary/aromatic N) is 3. The Morgan fingerprint density at radius 2 is 2.24 bits per heavy atom. The van der Waals surface area contributed by atoms with Crippen molar-refractivity contribution in [1.82, 2.24) is 9.55 Å². The summed E-state index contributed by atoms with van der Waals surface area (Å²) in [5, 5.41) is 10.5. The average Bonchev–Trinajstić information content (AvgIpc) is 2.63. The Morgan fingerprint density at radius 1 is 1.53 bits per heavy atom. The molecule has 0 unspecified atom stereocenters. The summed E-state index contributed by atoms with van der Waals surface area (Å²) < 4.78 is 15.1. The number of non-ortho nitro benzene ring substituents is 1. The highest BCUT2D eigenvalue weighted by atomic mass is 35.5. The molecular weight excluding hydrogens is 249 g/mol. The number of nitro groups is 1. The van der Waals surface area contributed by atoms with E-state index in [0.717, 1.165) is 12.1 Å². The predicted molar refractivity (Wildman–Crippen MR) is 59.9 cm³/mol. The van der Waals surface area contributed by atoms with E-state index in [1.165, 1.54) is 10.9 Å². The first kappa shape index (κ1) is 11.5. The topological polar surface area (TPSA) is 61.0 Å². The lowest BCUT2D eigenvalue weighted by atomic mass is 10.2. The summed E-state index contributed by atoms with van der Waals surface area (Å²) in [6.07, 6.45) is 2.97. The van der Waals surface area contributed by atoms with Crippen molar-refractivity contribution in [3.05, 3.63) is 51.3 Å². The predicted octanol–water partition coefficient (Wildman–Crippen LogP) is 2.88. The molecule has 5 nitrogen and oxygen atoms in total. The van der Waals surface area contributed by atoms with Crippen LogP contribution in [0.2, 0.25) is 5.02 Å². The van der Waals surface area contributed by atoms with E-state index >= 15 is 0 Å². The molecule has 0 saturated heterocycles. The van der Waals surface area contributed by atoms with Crippen LogP contribution in [0.3, 0.4) is 0 Å². The van der Waals surface area contributed by atoms with Crippen LogP contribution in [0.1, 0.15) is 5.69 Å². The first-order chi connectivity index (χ1) is 7.99. The van der Waals surface area contributed by atoms with Crippen LogP contribution in [0.15, 0.2) is 24.7 Å². The van der Waals surface area contributed by atoms with Gasteiger partial charge in [0.2, 0.25) is 0 Å². The van der Waals surface area contributed by atoms with E-state index < -0.39 is 10.7 Å². The van der Waals surface area contributed by atoms with Gasteiger partial charge in [-0.2, -0.15) is 0 Å². The molecule has 0 saturated carbocycles. The monoisotopic (exact) mass is 255 g/mol. The molecule has 2 rings (SSSR count). The first-order valence-electron chi connectivity index (χ1n) is 4.63. The fourth-order valence-electron chi connectivity index (χ4n) is 1.45. The number of rotatable bonds is 2. The highest BCUT2D eigenvalue weighted by Gasteiger charge is 2.17. The largest absolute Gasteiger partial charge is 0.302 e. The van der Waals surface area contributed by atoms with Gasteiger partial charge >= 0.3 is 0 Å². The molecule has 0 radical (unpaired) electrons. The molecule has 7 heteroatoms. The Balaban J connectivity index is 2.60. The maximum atomic E-state index is 13.7. The van der Waals surface area contributed by atoms with Crippen LogP contribution < -0.4 is 0 Å². The number of halogens is 2. The molecule has 0 aliphatic carbocycles. The summed E-state index contributed by atoms with van der Waals surface area (Å²) in [5.41, 5.74) is 0.366. The minimum Gasteiger partial charge on any atom is -0.302 e. The van der Waals surface area contributed by atoms with Gasteiger partial charge < -0.3 is 4.57 Å². The van der Waals surface area contributed by atoms with Crippen molar-refractivity contribution in [3.8, 4) is 5.69 Å². The number of aryl methyl sites for hydroxylation is 1. The highest BCUT2D eigenvalue weighted by molar-refractivity contribution is 6.32. The summed E-state index contributed by atoms with van der Waals surface area (Å²) in [6.45, 7) is 1.74. The van der Waals surface area contributed by atoms with Crippen LogP contribution in [0, 0.1) is 22.9 Å². The standard InChI is InChI=1S/C10H7ClFN3O2/c1-6-4-14(5-13-6)10-8(11)2-7(15(16)17)3-9(10)12/h2-5H,1H3. The third-order valence-corrected chi connectivity index (χ3v) is 2.47. The van der Waals surface area contributed by atoms with Crippen LogP contribution in [-0.2, 0) is 0 Å². The van der Waals surface area contributed by atoms with E-state index in [1.54, 1.807) is 13.1 Å². The Morgan fingerprint density at radius 3 is 2.71 bits per heavy atom. The molecule has 0 amide bonds. The molecule has 1 heterocycles. The second-order valence-electron chi connectivity index (χ2n) is 3.44. The maximum Gasteiger partial charge on any atom is 0.274 e. The smallest absolute Gasteiger partial charge is 0.274 e. The Labute approximate surface area is 101 Å². The normalized spacial score (nSPS) is 10.5. The lowest BCUT2D eigenvalue weighted by Crippen LogP contribution is -1.98. The number of imidazole rings is 1. The van der Waals surface area contributed by atoms with Gasteiger partial charge in [-0.1, -0.05) is 11.6 Å². The molecule has 0 spiro atoms. The lowest BCUT2D eigenvalue weighted by molar-refractivity contribution is -0.385. The molecular formula is C10H7ClFN3O2. The average molecular weight is 256 g/mol. The molecule has 2 aromatic rings. The van der Waals surface area contributed by atoms with Crippen molar-refractivity contribution in [2.24, 2.45) is 0 Å². The summed E-state index contributed by atoms with van der Waals surface area (Å²) in [5.74, 6) is -0.762. The van der Waals surface area contributed by atoms with Crippen molar-refractivity contribution in [2.75, 3.05) is 0 Å². The van der Waals surface area contributed by atoms with Gasteiger partial charge in [0.05, 0.1) is 28.0 Å². The maximum absolute atomic E-state index is 13.7. The van der Waals surface area contributed by atoms with Gasteiger partial charge in [0.1, 0.15) is 5.69 Å². The van der Waals surface area contributed by atoms with Crippen LogP contribution in [0.5, 0.6) is 0 Å². The van der Waals surface area contributed by atoms with Gasteiger partial charge in [0, 0.05) is 12.3 Å². The lowest BCUT2D eigenvalue weighted by Gasteiger charge is -2.06. The van der Waals surface area contributed by atoms with Crippen LogP contribution >= 0.6 is 11.6 Å². The SMILES string of the molecule is Cc1cn(-c2c(F)cc([N+](=O)[O-])cc2Cl)cn1. The van der Waals surface area contributed by atoms with Gasteiger partial charge in [0.15, 0.2) is 5.82 Å². The van der Waals surface area contributed by atoms with Crippen molar-refractivity contribution < 1.29 is 9.31 Å². The van der Waals surface area contributed by atoms with E-state index in [0.29, 0.717) is 5.69 Å². The third kappa shape index (κ3) is 2.12. The second-order valence-corrected chi connectivity index (χ2v) is 3.84. The molecule has 88 valence electrons. The molecule has 0 fully saturated rings. The minimum atomic E-state index is -0.762. The fourth-order valence-corrected chi connectivity index (χ4v) is 1.75. The fraction of sp³-hybridized carbons (Fsp3) is 0.100. The van der Waals surface area contributed by atoms with E-state index in [1.807, 2.05) is 0 Å². The molecule has 0 aliphatic heterocycles. The number of hydrogen-bond donors (Lipinski definition) is 0. The molecule has 0 bridgehead atoms. The summed E-state index contributed by atoms with van der Waals surface area (Å²) >= 11 is 5.83. The van der Waals surface area contributed by atoms with Gasteiger partial charge in [-0.25, -0.2) is 9.37 Å². The zero-order valence-corrected chi connectivity index (χ0v) is 9.48. The van der Waals surface area contributed by atoms with Crippen molar-refractivity contribution >= 4 is 17.3 Å². The molecule has 0 aliphatic rings. The minimum absolute atomic E-state index is 0.0332. The molecule has 0 N–H and O–H groups in total. The zero-order chi connectivity index (χ0) is 12.6. The van der Waals surface area contributed by atoms with Gasteiger partial charge in [0.25, 0.3) is 5.69 Å². The van der Waals surface area contributed by atoms with E-state index in [2.05, 4.69) is 4.98 Å². The van der Waals surface area contributed by atoms with E-state index in [9.17, 15) is 14.5 Å². The number of benzene rings is 1. The van der Waals surface area contributed by atoms with Gasteiger partial charge in [-0.05, 0) is 6.92 Å². The van der Waals surface area contributed by atoms with E-state index in [-0.39, 0.29) is 16.4 Å². The molecule has 17 heavy (non-hydrogen) atoms. The van der Waals surface area contributed by atoms with Crippen molar-refractivity contribution in [3.63, 3.8) is 0 Å². The molecule has 0 atom stereocenters. The van der Waals surface area contributed by atoms with E-state index in [4.69, 9.17) is 11.6 Å². The number of aromatic nitrogens is 2. The second kappa shape index (κ2) is 4.14. The van der Waals surface area contributed by atoms with Crippen LogP contribution in [0.25, 0.3) is 5.69 Å². The zero-order valence-electron chi connectivity index (χ0n) is 8.72. The Bertz CT molecular complexity index is 574. The third-order valence-electron chi connectivity index (χ3n) is 2.18. The van der Waals surface area contributed by atoms with Crippen molar-refractivity contribution in [2.45, 2.75) is 6.92 Å². The quantitative estimate of drug-likeness (QED) is 0.612. The summed E-state index contributed by atoms with van der Waals surface area (Å²) in [4.78, 5) is 13.8. The molecule has 1 aromatic carbocycles. The number of hydrogen-bond acceptors (Lipinski definition) is 3. The van der Waals surface area contributed by atoms with Gasteiger partial charge in [-0.15, -0.1) is 0 Å². The Kier molecular flexibility index (Phi) is 2.81. The van der Waals surface area contributed by atoms with Gasteiger partial charge in [-0.3, -0.25) is 10.1 Å². The summed E-state index contributed by atoms with van der Waals surface area (Å²) in [6, 6.07) is 1.94. The van der Waals surface area contributed by atoms with Crippen LogP contribution in [-0.4, -0.2) is 14.5 Å². The Hall–Kier alpha value is -1.95. The van der Waals surface area contributed by atoms with Crippen molar-refractivity contribution in [1.29, 1.82) is 0 Å². The summed E-state index contributed by atoms with van der Waals surface area (Å²) in [7, 11) is 0. The van der Waals surface area contributed by atoms with Crippen LogP contribution in [0.4, 0.5) is 10.1 Å². The molecule has 1 aromatic heterocycles.